The minimum atomic E-state index is -0.798. The van der Waals surface area contributed by atoms with Crippen molar-refractivity contribution in [2.75, 3.05) is 0 Å². The third-order valence-electron chi connectivity index (χ3n) is 16.4. The van der Waals surface area contributed by atoms with E-state index in [1.165, 1.54) is 44.5 Å². The summed E-state index contributed by atoms with van der Waals surface area (Å²) in [4.78, 5) is 10.6. The molecule has 0 fully saturated rings. The highest BCUT2D eigenvalue weighted by molar-refractivity contribution is 6.22. The lowest BCUT2D eigenvalue weighted by molar-refractivity contribution is 0.435. The number of furan rings is 1. The maximum absolute atomic E-state index is 7.24. The molecule has 1 unspecified atom stereocenters. The van der Waals surface area contributed by atoms with Gasteiger partial charge in [-0.05, 0) is 116 Å². The Morgan fingerprint density at radius 3 is 1.82 bits per heavy atom. The van der Waals surface area contributed by atoms with Crippen LogP contribution < -0.4 is 4.74 Å². The summed E-state index contributed by atoms with van der Waals surface area (Å²) in [5.74, 6) is 1.67. The highest BCUT2D eigenvalue weighted by atomic mass is 16.5. The lowest BCUT2D eigenvalue weighted by atomic mass is 9.65. The molecule has 2 spiro atoms. The summed E-state index contributed by atoms with van der Waals surface area (Å²) in [7, 11) is 0. The van der Waals surface area contributed by atoms with Crippen LogP contribution in [0.15, 0.2) is 229 Å². The predicted octanol–water partition coefficient (Wildman–Crippen LogP) is 16.0. The molecule has 3 aliphatic carbocycles. The summed E-state index contributed by atoms with van der Waals surface area (Å²) >= 11 is 0. The van der Waals surface area contributed by atoms with Crippen molar-refractivity contribution in [1.82, 2.24) is 14.5 Å². The van der Waals surface area contributed by atoms with Crippen LogP contribution in [0.2, 0.25) is 0 Å². The SMILES string of the molecule is c1ccc(-n2c3cc(-c4cnc5c(c4)C4(c6ccccc6Oc6cc7c(cc64)-c4ccccc4C74c6ccccc6-c6ccccc64)c4cccnc4-5)ccc3c3ccc4c5ccccc5oc4c32)cc1. The number of ether oxygens (including phenoxy) is 1. The summed E-state index contributed by atoms with van der Waals surface area (Å²) in [5.41, 5.74) is 22.0. The van der Waals surface area contributed by atoms with Crippen molar-refractivity contribution in [3.8, 4) is 62.0 Å². The van der Waals surface area contributed by atoms with Crippen molar-refractivity contribution in [3.63, 3.8) is 0 Å². The molecule has 0 saturated carbocycles. The fourth-order valence-corrected chi connectivity index (χ4v) is 13.6. The molecule has 9 aromatic carbocycles. The van der Waals surface area contributed by atoms with E-state index in [9.17, 15) is 0 Å². The highest BCUT2D eigenvalue weighted by Crippen LogP contribution is 2.67. The van der Waals surface area contributed by atoms with Gasteiger partial charge in [0.25, 0.3) is 0 Å². The van der Waals surface area contributed by atoms with Gasteiger partial charge in [0.15, 0.2) is 5.58 Å². The first-order valence-corrected chi connectivity index (χ1v) is 24.4. The molecule has 328 valence electrons. The van der Waals surface area contributed by atoms with Gasteiger partial charge >= 0.3 is 0 Å². The topological polar surface area (TPSA) is 53.1 Å². The summed E-state index contributed by atoms with van der Waals surface area (Å²) in [6, 6.07) is 77.4. The molecule has 4 aliphatic rings. The first-order valence-electron chi connectivity index (χ1n) is 24.4. The van der Waals surface area contributed by atoms with E-state index in [1.54, 1.807) is 0 Å². The Morgan fingerprint density at radius 2 is 1.01 bits per heavy atom. The number of para-hydroxylation sites is 3. The molecule has 0 N–H and O–H groups in total. The van der Waals surface area contributed by atoms with Gasteiger partial charge < -0.3 is 13.7 Å². The van der Waals surface area contributed by atoms with Gasteiger partial charge in [-0.25, -0.2) is 0 Å². The van der Waals surface area contributed by atoms with Crippen molar-refractivity contribution in [2.24, 2.45) is 0 Å². The number of nitrogens with zero attached hydrogens (tertiary/aromatic N) is 3. The number of benzene rings is 9. The highest BCUT2D eigenvalue weighted by Gasteiger charge is 2.56. The third kappa shape index (κ3) is 4.49. The van der Waals surface area contributed by atoms with Crippen LogP contribution in [-0.2, 0) is 10.8 Å². The second-order valence-electron chi connectivity index (χ2n) is 19.5. The van der Waals surface area contributed by atoms with Gasteiger partial charge in [0.1, 0.15) is 17.1 Å². The standard InChI is InChI=1S/C66H37N3O2/c1-2-15-40(16-3-1)69-57-34-38(28-29-44(57)46-30-31-47-45-20-7-12-26-58(45)71-64(47)63(46)69)39-33-56-62(68-37-39)61-53(25-14-32-67-61)66(56)52-24-11-13-27-59(52)70-60-36-54-48(35-55(60)66)43-19-6-10-23-51(43)65(54)49-21-8-4-17-41(49)42-18-5-9-22-50(42)65/h1-37H. The summed E-state index contributed by atoms with van der Waals surface area (Å²) in [6.07, 6.45) is 3.94. The van der Waals surface area contributed by atoms with Crippen LogP contribution in [0.1, 0.15) is 44.5 Å². The lowest BCUT2D eigenvalue weighted by Gasteiger charge is -2.40. The molecule has 1 atom stereocenters. The fourth-order valence-electron chi connectivity index (χ4n) is 13.6. The molecule has 0 bridgehead atoms. The molecule has 13 aromatic rings. The molecule has 5 heteroatoms. The van der Waals surface area contributed by atoms with Gasteiger partial charge in [-0.15, -0.1) is 0 Å². The summed E-state index contributed by atoms with van der Waals surface area (Å²) in [6.45, 7) is 0. The zero-order valence-electron chi connectivity index (χ0n) is 38.0. The van der Waals surface area contributed by atoms with Crippen LogP contribution in [0.4, 0.5) is 0 Å². The second kappa shape index (κ2) is 13.3. The zero-order valence-corrected chi connectivity index (χ0v) is 38.0. The van der Waals surface area contributed by atoms with E-state index in [2.05, 4.69) is 211 Å². The average molecular weight is 904 g/mol. The molecular weight excluding hydrogens is 867 g/mol. The summed E-state index contributed by atoms with van der Waals surface area (Å²) < 4.78 is 16.3. The number of hydrogen-bond donors (Lipinski definition) is 0. The van der Waals surface area contributed by atoms with Crippen molar-refractivity contribution < 1.29 is 9.15 Å². The third-order valence-corrected chi connectivity index (χ3v) is 16.4. The Labute approximate surface area is 407 Å². The monoisotopic (exact) mass is 903 g/mol. The maximum atomic E-state index is 7.24. The van der Waals surface area contributed by atoms with Crippen LogP contribution >= 0.6 is 0 Å². The molecule has 0 saturated heterocycles. The Kier molecular flexibility index (Phi) is 7.03. The first-order chi connectivity index (χ1) is 35.2. The van der Waals surface area contributed by atoms with Crippen LogP contribution in [0, 0.1) is 0 Å². The van der Waals surface area contributed by atoms with E-state index in [1.807, 2.05) is 18.5 Å². The van der Waals surface area contributed by atoms with Crippen molar-refractivity contribution in [2.45, 2.75) is 10.8 Å². The summed E-state index contributed by atoms with van der Waals surface area (Å²) in [5, 5.41) is 4.52. The average Bonchev–Trinajstić information content (AvgIpc) is 4.23. The van der Waals surface area contributed by atoms with Crippen LogP contribution in [0.5, 0.6) is 11.5 Å². The van der Waals surface area contributed by atoms with E-state index < -0.39 is 10.8 Å². The maximum Gasteiger partial charge on any atom is 0.160 e. The Hall–Kier alpha value is -9.32. The first kappa shape index (κ1) is 37.6. The molecular formula is C66H37N3O2. The molecule has 0 amide bonds. The van der Waals surface area contributed by atoms with E-state index in [4.69, 9.17) is 19.1 Å². The molecule has 17 rings (SSSR count). The smallest absolute Gasteiger partial charge is 0.160 e. The van der Waals surface area contributed by atoms with Gasteiger partial charge in [0.2, 0.25) is 0 Å². The van der Waals surface area contributed by atoms with E-state index in [-0.39, 0.29) is 0 Å². The number of pyridine rings is 2. The van der Waals surface area contributed by atoms with Crippen molar-refractivity contribution >= 4 is 43.7 Å². The van der Waals surface area contributed by atoms with Gasteiger partial charge in [-0.3, -0.25) is 9.97 Å². The molecule has 5 nitrogen and oxygen atoms in total. The second-order valence-corrected chi connectivity index (χ2v) is 19.5. The van der Waals surface area contributed by atoms with Crippen LogP contribution in [0.3, 0.4) is 0 Å². The Bertz CT molecular complexity index is 4480. The Morgan fingerprint density at radius 1 is 0.380 bits per heavy atom. The molecule has 1 aliphatic heterocycles. The molecule has 4 aromatic heterocycles. The normalized spacial score (nSPS) is 15.9. The minimum Gasteiger partial charge on any atom is -0.457 e. The molecule has 71 heavy (non-hydrogen) atoms. The van der Waals surface area contributed by atoms with Gasteiger partial charge in [-0.1, -0.05) is 152 Å². The number of rotatable bonds is 2. The minimum absolute atomic E-state index is 0.513. The van der Waals surface area contributed by atoms with Gasteiger partial charge in [0, 0.05) is 61.9 Å². The van der Waals surface area contributed by atoms with E-state index in [0.717, 1.165) is 106 Å². The van der Waals surface area contributed by atoms with E-state index in [0.29, 0.717) is 0 Å². The van der Waals surface area contributed by atoms with Crippen LogP contribution in [0.25, 0.3) is 94.2 Å². The van der Waals surface area contributed by atoms with Crippen LogP contribution in [-0.4, -0.2) is 14.5 Å². The number of fused-ring (bicyclic) bond motifs is 26. The quantitative estimate of drug-likeness (QED) is 0.173. The number of hydrogen-bond acceptors (Lipinski definition) is 4. The van der Waals surface area contributed by atoms with E-state index >= 15 is 0 Å². The largest absolute Gasteiger partial charge is 0.457 e. The predicted molar refractivity (Wildman–Crippen MR) is 283 cm³/mol. The van der Waals surface area contributed by atoms with Crippen molar-refractivity contribution in [1.29, 1.82) is 0 Å². The zero-order chi connectivity index (χ0) is 46.2. The lowest BCUT2D eigenvalue weighted by Crippen LogP contribution is -2.33. The molecule has 5 heterocycles. The van der Waals surface area contributed by atoms with Gasteiger partial charge in [0.05, 0.1) is 33.3 Å². The molecule has 0 radical (unpaired) electrons. The number of aromatic nitrogens is 3. The van der Waals surface area contributed by atoms with Crippen molar-refractivity contribution in [3.05, 3.63) is 269 Å². The fraction of sp³-hybridized carbons (Fsp3) is 0.0303. The van der Waals surface area contributed by atoms with Gasteiger partial charge in [-0.2, -0.15) is 0 Å². The Balaban J connectivity index is 0.934.